The number of nitrogens with one attached hydrogen (secondary N) is 2. The average molecular weight is 431 g/mol. The molecule has 32 heavy (non-hydrogen) atoms. The van der Waals surface area contributed by atoms with Gasteiger partial charge in [-0.3, -0.25) is 19.7 Å². The van der Waals surface area contributed by atoms with E-state index in [4.69, 9.17) is 0 Å². The highest BCUT2D eigenvalue weighted by Gasteiger charge is 2.24. The zero-order valence-electron chi connectivity index (χ0n) is 18.6. The third kappa shape index (κ3) is 3.64. The van der Waals surface area contributed by atoms with E-state index in [1.165, 1.54) is 0 Å². The largest absolute Gasteiger partial charge is 0.367 e. The Labute approximate surface area is 185 Å². The van der Waals surface area contributed by atoms with E-state index in [0.29, 0.717) is 29.0 Å². The van der Waals surface area contributed by atoms with Crippen LogP contribution in [0.1, 0.15) is 35.6 Å². The Balaban J connectivity index is 1.49. The summed E-state index contributed by atoms with van der Waals surface area (Å²) in [5.41, 5.74) is 5.35. The van der Waals surface area contributed by atoms with Gasteiger partial charge in [0.05, 0.1) is 34.4 Å². The van der Waals surface area contributed by atoms with Crippen LogP contribution < -0.4 is 15.5 Å². The molecule has 164 valence electrons. The van der Waals surface area contributed by atoms with Crippen LogP contribution in [0.4, 0.5) is 11.5 Å². The summed E-state index contributed by atoms with van der Waals surface area (Å²) in [5.74, 6) is 0.200. The highest BCUT2D eigenvalue weighted by molar-refractivity contribution is 6.13. The van der Waals surface area contributed by atoms with Crippen LogP contribution in [0.15, 0.2) is 36.8 Å². The molecule has 4 heterocycles. The van der Waals surface area contributed by atoms with Gasteiger partial charge in [-0.1, -0.05) is 0 Å². The quantitative estimate of drug-likeness (QED) is 0.515. The molecule has 0 radical (unpaired) electrons. The number of hydrogen-bond donors (Lipinski definition) is 2. The number of fused-ring (bicyclic) bond motifs is 2. The van der Waals surface area contributed by atoms with Crippen LogP contribution in [-0.2, 0) is 0 Å². The third-order valence-corrected chi connectivity index (χ3v) is 5.75. The number of carbonyl (C=O) groups is 1. The Morgan fingerprint density at radius 1 is 1.09 bits per heavy atom. The molecule has 0 spiro atoms. The molecule has 0 aliphatic carbocycles. The Bertz CT molecular complexity index is 1320. The molecular formula is C23H26N8O. The van der Waals surface area contributed by atoms with Crippen molar-refractivity contribution in [1.29, 1.82) is 0 Å². The van der Waals surface area contributed by atoms with Crippen molar-refractivity contribution in [2.45, 2.75) is 39.8 Å². The lowest BCUT2D eigenvalue weighted by Gasteiger charge is -2.38. The molecule has 9 heteroatoms. The first-order valence-corrected chi connectivity index (χ1v) is 10.8. The topological polar surface area (TPSA) is 100 Å². The van der Waals surface area contributed by atoms with Gasteiger partial charge in [0.15, 0.2) is 5.82 Å². The summed E-state index contributed by atoms with van der Waals surface area (Å²) in [7, 11) is 0. The number of anilines is 2. The van der Waals surface area contributed by atoms with Gasteiger partial charge in [0.1, 0.15) is 11.0 Å². The van der Waals surface area contributed by atoms with Gasteiger partial charge in [-0.25, -0.2) is 4.52 Å². The van der Waals surface area contributed by atoms with Crippen molar-refractivity contribution in [3.63, 3.8) is 0 Å². The van der Waals surface area contributed by atoms with Crippen molar-refractivity contribution in [2.24, 2.45) is 0 Å². The molecule has 0 bridgehead atoms. The molecule has 1 aliphatic rings. The molecule has 5 rings (SSSR count). The second-order valence-electron chi connectivity index (χ2n) is 8.54. The number of rotatable bonds is 3. The van der Waals surface area contributed by atoms with Gasteiger partial charge in [-0.05, 0) is 39.8 Å². The first-order chi connectivity index (χ1) is 15.4. The van der Waals surface area contributed by atoms with E-state index in [0.717, 1.165) is 41.2 Å². The number of hydrogen-bond acceptors (Lipinski definition) is 7. The first kappa shape index (κ1) is 20.3. The third-order valence-electron chi connectivity index (χ3n) is 5.75. The smallest absolute Gasteiger partial charge is 0.259 e. The van der Waals surface area contributed by atoms with Gasteiger partial charge in [-0.2, -0.15) is 0 Å². The highest BCUT2D eigenvalue weighted by Crippen LogP contribution is 2.28. The maximum absolute atomic E-state index is 13.2. The zero-order chi connectivity index (χ0) is 22.4. The molecule has 1 saturated heterocycles. The number of carbonyl (C=O) groups excluding carboxylic acids is 1. The van der Waals surface area contributed by atoms with Gasteiger partial charge in [0.25, 0.3) is 5.91 Å². The lowest BCUT2D eigenvalue weighted by molar-refractivity contribution is 0.102. The Kier molecular flexibility index (Phi) is 4.97. The van der Waals surface area contributed by atoms with E-state index in [1.54, 1.807) is 16.9 Å². The number of piperazine rings is 1. The van der Waals surface area contributed by atoms with Gasteiger partial charge in [0, 0.05) is 43.6 Å². The maximum atomic E-state index is 13.2. The molecule has 3 aromatic heterocycles. The van der Waals surface area contributed by atoms with E-state index in [-0.39, 0.29) is 5.91 Å². The molecule has 9 nitrogen and oxygen atoms in total. The Morgan fingerprint density at radius 2 is 1.81 bits per heavy atom. The summed E-state index contributed by atoms with van der Waals surface area (Å²) in [5, 5.41) is 10.9. The maximum Gasteiger partial charge on any atom is 0.259 e. The molecule has 1 aliphatic heterocycles. The Morgan fingerprint density at radius 3 is 2.56 bits per heavy atom. The minimum absolute atomic E-state index is 0.269. The van der Waals surface area contributed by atoms with E-state index in [1.807, 2.05) is 38.2 Å². The SMILES string of the molecule is Cc1cn2nc(NC(=O)c3ccc(N4C[C@@H](C)N[C@@H](C)C4)c4nccnc34)cc2c(C)n1. The van der Waals surface area contributed by atoms with Gasteiger partial charge in [0.2, 0.25) is 0 Å². The number of aromatic nitrogens is 5. The molecule has 0 saturated carbocycles. The average Bonchev–Trinajstić information content (AvgIpc) is 3.14. The molecule has 1 aromatic carbocycles. The molecule has 0 unspecified atom stereocenters. The predicted molar refractivity (Wildman–Crippen MR) is 124 cm³/mol. The lowest BCUT2D eigenvalue weighted by Crippen LogP contribution is -2.54. The minimum atomic E-state index is -0.269. The van der Waals surface area contributed by atoms with Crippen LogP contribution in [0, 0.1) is 13.8 Å². The fraction of sp³-hybridized carbons (Fsp3) is 0.348. The van der Waals surface area contributed by atoms with Crippen molar-refractivity contribution in [3.05, 3.63) is 53.7 Å². The zero-order valence-corrected chi connectivity index (χ0v) is 18.6. The second-order valence-corrected chi connectivity index (χ2v) is 8.54. The van der Waals surface area contributed by atoms with Crippen LogP contribution >= 0.6 is 0 Å². The summed E-state index contributed by atoms with van der Waals surface area (Å²) < 4.78 is 1.74. The fourth-order valence-electron chi connectivity index (χ4n) is 4.54. The fourth-order valence-corrected chi connectivity index (χ4v) is 4.54. The van der Waals surface area contributed by atoms with Crippen LogP contribution in [0.3, 0.4) is 0 Å². The van der Waals surface area contributed by atoms with Crippen molar-refractivity contribution < 1.29 is 4.79 Å². The number of benzene rings is 1. The molecule has 2 atom stereocenters. The van der Waals surface area contributed by atoms with Crippen molar-refractivity contribution >= 4 is 34.0 Å². The van der Waals surface area contributed by atoms with E-state index < -0.39 is 0 Å². The van der Waals surface area contributed by atoms with E-state index >= 15 is 0 Å². The van der Waals surface area contributed by atoms with E-state index in [9.17, 15) is 4.79 Å². The normalized spacial score (nSPS) is 18.9. The Hall–Kier alpha value is -3.59. The highest BCUT2D eigenvalue weighted by atomic mass is 16.1. The predicted octanol–water partition coefficient (Wildman–Crippen LogP) is 2.73. The van der Waals surface area contributed by atoms with Crippen molar-refractivity contribution in [1.82, 2.24) is 29.9 Å². The number of aryl methyl sites for hydroxylation is 2. The van der Waals surface area contributed by atoms with Crippen LogP contribution in [0.25, 0.3) is 16.6 Å². The van der Waals surface area contributed by atoms with Gasteiger partial charge in [-0.15, -0.1) is 5.10 Å². The van der Waals surface area contributed by atoms with Crippen molar-refractivity contribution in [3.8, 4) is 0 Å². The summed E-state index contributed by atoms with van der Waals surface area (Å²) in [4.78, 5) is 29.0. The van der Waals surface area contributed by atoms with Crippen LogP contribution in [0.5, 0.6) is 0 Å². The molecule has 1 fully saturated rings. The molecular weight excluding hydrogens is 404 g/mol. The minimum Gasteiger partial charge on any atom is -0.367 e. The summed E-state index contributed by atoms with van der Waals surface area (Å²) in [6.45, 7) is 9.93. The summed E-state index contributed by atoms with van der Waals surface area (Å²) >= 11 is 0. The first-order valence-electron chi connectivity index (χ1n) is 10.8. The van der Waals surface area contributed by atoms with Gasteiger partial charge >= 0.3 is 0 Å². The van der Waals surface area contributed by atoms with Crippen LogP contribution in [0.2, 0.25) is 0 Å². The molecule has 2 N–H and O–H groups in total. The summed E-state index contributed by atoms with van der Waals surface area (Å²) in [6, 6.07) is 6.35. The monoisotopic (exact) mass is 430 g/mol. The number of nitrogens with zero attached hydrogens (tertiary/aromatic N) is 6. The van der Waals surface area contributed by atoms with Crippen LogP contribution in [-0.4, -0.2) is 55.6 Å². The van der Waals surface area contributed by atoms with Crippen molar-refractivity contribution in [2.75, 3.05) is 23.3 Å². The van der Waals surface area contributed by atoms with E-state index in [2.05, 4.69) is 49.4 Å². The lowest BCUT2D eigenvalue weighted by atomic mass is 10.1. The second kappa shape index (κ2) is 7.83. The van der Waals surface area contributed by atoms with Gasteiger partial charge < -0.3 is 15.5 Å². The number of amides is 1. The summed E-state index contributed by atoms with van der Waals surface area (Å²) in [6.07, 6.45) is 5.13. The molecule has 4 aromatic rings. The molecule has 1 amide bonds. The standard InChI is InChI=1S/C23H26N8O/c1-13-10-30(11-14(2)26-13)18-6-5-17(21-22(18)25-8-7-24-21)23(32)28-20-9-19-16(4)27-15(3)12-31(19)29-20/h5-9,12-14,26H,10-11H2,1-4H3,(H,28,29,32)/t13-,14+.